The molecule has 0 aliphatic carbocycles. The smallest absolute Gasteiger partial charge is 0.232 e. The van der Waals surface area contributed by atoms with Crippen LogP contribution < -0.4 is 9.64 Å². The predicted octanol–water partition coefficient (Wildman–Crippen LogP) is 3.65. The average Bonchev–Trinajstić information content (AvgIpc) is 2.35. The molecule has 1 aromatic heterocycles. The maximum atomic E-state index is 5.22. The van der Waals surface area contributed by atoms with Gasteiger partial charge in [-0.3, -0.25) is 0 Å². The van der Waals surface area contributed by atoms with E-state index in [1.807, 2.05) is 0 Å². The molecular formula is C13H22BrN3O. The first-order chi connectivity index (χ1) is 8.60. The van der Waals surface area contributed by atoms with Crippen LogP contribution in [0.5, 0.6) is 5.88 Å². The van der Waals surface area contributed by atoms with Crippen molar-refractivity contribution in [3.8, 4) is 5.88 Å². The Morgan fingerprint density at radius 1 is 1.39 bits per heavy atom. The normalized spacial score (nSPS) is 10.8. The number of hydrogen-bond acceptors (Lipinski definition) is 4. The van der Waals surface area contributed by atoms with Gasteiger partial charge in [0.2, 0.25) is 11.8 Å². The van der Waals surface area contributed by atoms with Crippen molar-refractivity contribution < 1.29 is 4.74 Å². The zero-order valence-electron chi connectivity index (χ0n) is 11.6. The number of methoxy groups -OCH3 is 1. The van der Waals surface area contributed by atoms with E-state index in [9.17, 15) is 0 Å². The number of anilines is 1. The van der Waals surface area contributed by atoms with Gasteiger partial charge in [0.25, 0.3) is 0 Å². The summed E-state index contributed by atoms with van der Waals surface area (Å²) in [6, 6.07) is 0.382. The molecule has 0 saturated carbocycles. The summed E-state index contributed by atoms with van der Waals surface area (Å²) < 4.78 is 6.00. The molecule has 0 aromatic carbocycles. The van der Waals surface area contributed by atoms with E-state index in [1.54, 1.807) is 13.3 Å². The molecule has 0 aliphatic rings. The molecule has 0 amide bonds. The van der Waals surface area contributed by atoms with Crippen molar-refractivity contribution in [3.63, 3.8) is 0 Å². The van der Waals surface area contributed by atoms with Gasteiger partial charge < -0.3 is 9.64 Å². The van der Waals surface area contributed by atoms with E-state index in [0.29, 0.717) is 11.9 Å². The van der Waals surface area contributed by atoms with Crippen LogP contribution in [0.1, 0.15) is 40.0 Å². The molecule has 0 bridgehead atoms. The summed E-state index contributed by atoms with van der Waals surface area (Å²) in [5, 5.41) is 0. The number of halogens is 1. The first-order valence-electron chi connectivity index (χ1n) is 6.43. The van der Waals surface area contributed by atoms with Crippen LogP contribution in [0.15, 0.2) is 10.7 Å². The Bertz CT molecular complexity index is 371. The van der Waals surface area contributed by atoms with Crippen LogP contribution in [0.3, 0.4) is 0 Å². The Balaban J connectivity index is 2.84. The zero-order valence-corrected chi connectivity index (χ0v) is 13.2. The molecule has 1 heterocycles. The molecule has 0 radical (unpaired) electrons. The molecule has 0 unspecified atom stereocenters. The fourth-order valence-electron chi connectivity index (χ4n) is 1.75. The summed E-state index contributed by atoms with van der Waals surface area (Å²) in [7, 11) is 1.62. The summed E-state index contributed by atoms with van der Waals surface area (Å²) in [4.78, 5) is 11.0. The Hall–Kier alpha value is -0.840. The Kier molecular flexibility index (Phi) is 6.39. The van der Waals surface area contributed by atoms with Gasteiger partial charge in [-0.2, -0.15) is 4.98 Å². The second kappa shape index (κ2) is 7.56. The minimum absolute atomic E-state index is 0.382. The summed E-state index contributed by atoms with van der Waals surface area (Å²) in [6.07, 6.45) is 5.36. The lowest BCUT2D eigenvalue weighted by atomic mass is 10.2. The molecule has 102 valence electrons. The highest BCUT2D eigenvalue weighted by molar-refractivity contribution is 9.10. The van der Waals surface area contributed by atoms with Gasteiger partial charge in [0.05, 0.1) is 17.8 Å². The van der Waals surface area contributed by atoms with Crippen LogP contribution in [-0.4, -0.2) is 29.7 Å². The van der Waals surface area contributed by atoms with E-state index in [4.69, 9.17) is 4.74 Å². The molecule has 0 aliphatic heterocycles. The molecule has 0 N–H and O–H groups in total. The maximum absolute atomic E-state index is 5.22. The Morgan fingerprint density at radius 3 is 2.67 bits per heavy atom. The van der Waals surface area contributed by atoms with Crippen molar-refractivity contribution in [2.75, 3.05) is 18.6 Å². The minimum atomic E-state index is 0.382. The zero-order chi connectivity index (χ0) is 13.5. The van der Waals surface area contributed by atoms with Crippen LogP contribution in [0.25, 0.3) is 0 Å². The van der Waals surface area contributed by atoms with Crippen LogP contribution >= 0.6 is 15.9 Å². The molecule has 0 saturated heterocycles. The van der Waals surface area contributed by atoms with Gasteiger partial charge in [-0.1, -0.05) is 19.8 Å². The van der Waals surface area contributed by atoms with E-state index in [-0.39, 0.29) is 0 Å². The molecule has 0 atom stereocenters. The third-order valence-corrected chi connectivity index (χ3v) is 3.32. The van der Waals surface area contributed by atoms with Crippen LogP contribution in [0, 0.1) is 0 Å². The van der Waals surface area contributed by atoms with Gasteiger partial charge in [-0.25, -0.2) is 4.98 Å². The number of unbranched alkanes of at least 4 members (excludes halogenated alkanes) is 2. The molecular weight excluding hydrogens is 294 g/mol. The van der Waals surface area contributed by atoms with Crippen molar-refractivity contribution in [3.05, 3.63) is 10.7 Å². The molecule has 18 heavy (non-hydrogen) atoms. The van der Waals surface area contributed by atoms with Gasteiger partial charge in [0.15, 0.2) is 0 Å². The van der Waals surface area contributed by atoms with Crippen molar-refractivity contribution in [2.45, 2.75) is 46.1 Å². The van der Waals surface area contributed by atoms with Crippen molar-refractivity contribution in [1.82, 2.24) is 9.97 Å². The fraction of sp³-hybridized carbons (Fsp3) is 0.692. The quantitative estimate of drug-likeness (QED) is 0.720. The van der Waals surface area contributed by atoms with Crippen molar-refractivity contribution in [1.29, 1.82) is 0 Å². The van der Waals surface area contributed by atoms with Crippen LogP contribution in [-0.2, 0) is 0 Å². The topological polar surface area (TPSA) is 38.2 Å². The molecule has 4 nitrogen and oxygen atoms in total. The standard InChI is InChI=1S/C13H22BrN3O/c1-5-6-7-8-17(10(2)3)13-15-9-11(14)12(16-13)18-4/h9-10H,5-8H2,1-4H3. The SMILES string of the molecule is CCCCCN(c1ncc(Br)c(OC)n1)C(C)C. The summed E-state index contributed by atoms with van der Waals surface area (Å²) in [6.45, 7) is 7.50. The summed E-state index contributed by atoms with van der Waals surface area (Å²) >= 11 is 3.37. The largest absolute Gasteiger partial charge is 0.480 e. The number of aromatic nitrogens is 2. The van der Waals surface area contributed by atoms with Gasteiger partial charge in [0.1, 0.15) is 0 Å². The molecule has 5 heteroatoms. The summed E-state index contributed by atoms with van der Waals surface area (Å²) in [5.74, 6) is 1.32. The number of hydrogen-bond donors (Lipinski definition) is 0. The number of nitrogens with zero attached hydrogens (tertiary/aromatic N) is 3. The third-order valence-electron chi connectivity index (χ3n) is 2.78. The predicted molar refractivity (Wildman–Crippen MR) is 78.3 cm³/mol. The second-order valence-corrected chi connectivity index (χ2v) is 5.38. The second-order valence-electron chi connectivity index (χ2n) is 4.52. The van der Waals surface area contributed by atoms with Crippen LogP contribution in [0.2, 0.25) is 0 Å². The Labute approximate surface area is 118 Å². The fourth-order valence-corrected chi connectivity index (χ4v) is 2.10. The van der Waals surface area contributed by atoms with Gasteiger partial charge >= 0.3 is 0 Å². The van der Waals surface area contributed by atoms with E-state index in [2.05, 4.69) is 51.6 Å². The molecule has 0 spiro atoms. The minimum Gasteiger partial charge on any atom is -0.480 e. The van der Waals surface area contributed by atoms with E-state index in [0.717, 1.165) is 23.4 Å². The maximum Gasteiger partial charge on any atom is 0.232 e. The lowest BCUT2D eigenvalue weighted by molar-refractivity contribution is 0.393. The highest BCUT2D eigenvalue weighted by atomic mass is 79.9. The number of rotatable bonds is 7. The highest BCUT2D eigenvalue weighted by Crippen LogP contribution is 2.24. The monoisotopic (exact) mass is 315 g/mol. The Morgan fingerprint density at radius 2 is 2.11 bits per heavy atom. The first kappa shape index (κ1) is 15.2. The molecule has 1 rings (SSSR count). The lowest BCUT2D eigenvalue weighted by Crippen LogP contribution is -2.33. The van der Waals surface area contributed by atoms with Gasteiger partial charge in [0, 0.05) is 12.6 Å². The van der Waals surface area contributed by atoms with Crippen LogP contribution in [0.4, 0.5) is 5.95 Å². The van der Waals surface area contributed by atoms with Crippen molar-refractivity contribution in [2.24, 2.45) is 0 Å². The number of ether oxygens (including phenoxy) is 1. The highest BCUT2D eigenvalue weighted by Gasteiger charge is 2.15. The van der Waals surface area contributed by atoms with Gasteiger partial charge in [-0.05, 0) is 36.2 Å². The lowest BCUT2D eigenvalue weighted by Gasteiger charge is -2.26. The average molecular weight is 316 g/mol. The first-order valence-corrected chi connectivity index (χ1v) is 7.22. The van der Waals surface area contributed by atoms with E-state index in [1.165, 1.54) is 12.8 Å². The summed E-state index contributed by atoms with van der Waals surface area (Å²) in [5.41, 5.74) is 0. The van der Waals surface area contributed by atoms with Gasteiger partial charge in [-0.15, -0.1) is 0 Å². The van der Waals surface area contributed by atoms with E-state index < -0.39 is 0 Å². The third kappa shape index (κ3) is 4.12. The molecule has 1 aromatic rings. The molecule has 0 fully saturated rings. The van der Waals surface area contributed by atoms with Crippen molar-refractivity contribution >= 4 is 21.9 Å². The van der Waals surface area contributed by atoms with E-state index >= 15 is 0 Å².